The maximum Gasteiger partial charge on any atom is 0.258 e. The maximum absolute atomic E-state index is 12.5. The van der Waals surface area contributed by atoms with Gasteiger partial charge in [0, 0.05) is 17.3 Å². The van der Waals surface area contributed by atoms with E-state index in [9.17, 15) is 4.79 Å². The molecule has 25 heavy (non-hydrogen) atoms. The van der Waals surface area contributed by atoms with Gasteiger partial charge >= 0.3 is 0 Å². The van der Waals surface area contributed by atoms with Gasteiger partial charge in [-0.05, 0) is 49.2 Å². The predicted molar refractivity (Wildman–Crippen MR) is 97.9 cm³/mol. The number of para-hydroxylation sites is 1. The van der Waals surface area contributed by atoms with Gasteiger partial charge in [-0.15, -0.1) is 0 Å². The summed E-state index contributed by atoms with van der Waals surface area (Å²) in [6, 6.07) is 15.0. The van der Waals surface area contributed by atoms with Gasteiger partial charge < -0.3 is 4.74 Å². The van der Waals surface area contributed by atoms with Crippen LogP contribution in [0, 0.1) is 13.8 Å². The molecule has 1 amide bonds. The van der Waals surface area contributed by atoms with Crippen molar-refractivity contribution in [1.29, 1.82) is 0 Å². The van der Waals surface area contributed by atoms with Crippen LogP contribution in [0.2, 0.25) is 0 Å². The van der Waals surface area contributed by atoms with E-state index in [1.807, 2.05) is 50.2 Å². The van der Waals surface area contributed by atoms with Gasteiger partial charge in [0.15, 0.2) is 0 Å². The number of amides is 1. The molecular formula is C20H19N3O2. The van der Waals surface area contributed by atoms with Crippen LogP contribution in [-0.2, 0) is 0 Å². The lowest BCUT2D eigenvalue weighted by Crippen LogP contribution is -2.16. The third-order valence-corrected chi connectivity index (χ3v) is 4.11. The van der Waals surface area contributed by atoms with Crippen LogP contribution in [-0.4, -0.2) is 23.0 Å². The Morgan fingerprint density at radius 3 is 2.64 bits per heavy atom. The largest absolute Gasteiger partial charge is 0.496 e. The van der Waals surface area contributed by atoms with E-state index in [-0.39, 0.29) is 11.9 Å². The van der Waals surface area contributed by atoms with Crippen molar-refractivity contribution < 1.29 is 9.53 Å². The van der Waals surface area contributed by atoms with Gasteiger partial charge in [0.05, 0.1) is 12.8 Å². The second kappa shape index (κ2) is 7.13. The third-order valence-electron chi connectivity index (χ3n) is 4.11. The molecule has 0 radical (unpaired) electrons. The summed E-state index contributed by atoms with van der Waals surface area (Å²) in [5, 5.41) is 2.77. The number of methoxy groups -OCH3 is 1. The molecule has 0 aliphatic carbocycles. The average Bonchev–Trinajstić information content (AvgIpc) is 2.64. The van der Waals surface area contributed by atoms with Gasteiger partial charge in [-0.2, -0.15) is 0 Å². The first-order valence-electron chi connectivity index (χ1n) is 7.94. The number of hydrogen-bond donors (Lipinski definition) is 1. The van der Waals surface area contributed by atoms with Crippen molar-refractivity contribution >= 4 is 11.9 Å². The number of ether oxygens (including phenoxy) is 1. The average molecular weight is 333 g/mol. The molecule has 3 aromatic rings. The molecule has 2 aromatic carbocycles. The first-order chi connectivity index (χ1) is 12.1. The van der Waals surface area contributed by atoms with Gasteiger partial charge in [0.2, 0.25) is 5.95 Å². The summed E-state index contributed by atoms with van der Waals surface area (Å²) in [6.45, 7) is 3.90. The van der Waals surface area contributed by atoms with Gasteiger partial charge in [-0.1, -0.05) is 24.3 Å². The Morgan fingerprint density at radius 1 is 1.04 bits per heavy atom. The molecule has 1 aromatic heterocycles. The van der Waals surface area contributed by atoms with Crippen molar-refractivity contribution in [2.24, 2.45) is 0 Å². The summed E-state index contributed by atoms with van der Waals surface area (Å²) in [6.07, 6.45) is 1.62. The summed E-state index contributed by atoms with van der Waals surface area (Å²) in [7, 11) is 1.61. The van der Waals surface area contributed by atoms with E-state index in [2.05, 4.69) is 15.3 Å². The van der Waals surface area contributed by atoms with Crippen LogP contribution in [0.25, 0.3) is 11.3 Å². The molecule has 0 saturated carbocycles. The Bertz CT molecular complexity index is 922. The van der Waals surface area contributed by atoms with Crippen molar-refractivity contribution in [3.8, 4) is 17.0 Å². The van der Waals surface area contributed by atoms with Crippen molar-refractivity contribution in [3.63, 3.8) is 0 Å². The minimum atomic E-state index is -0.224. The smallest absolute Gasteiger partial charge is 0.258 e. The zero-order valence-corrected chi connectivity index (χ0v) is 14.4. The molecule has 1 heterocycles. The van der Waals surface area contributed by atoms with Crippen LogP contribution in [0.4, 0.5) is 5.95 Å². The Kier molecular flexibility index (Phi) is 4.75. The number of benzene rings is 2. The van der Waals surface area contributed by atoms with Crippen LogP contribution < -0.4 is 10.1 Å². The Morgan fingerprint density at radius 2 is 1.84 bits per heavy atom. The lowest BCUT2D eigenvalue weighted by Gasteiger charge is -2.10. The molecule has 0 fully saturated rings. The number of nitrogens with zero attached hydrogens (tertiary/aromatic N) is 2. The van der Waals surface area contributed by atoms with Crippen molar-refractivity contribution in [1.82, 2.24) is 9.97 Å². The number of aromatic nitrogens is 2. The highest BCUT2D eigenvalue weighted by atomic mass is 16.5. The van der Waals surface area contributed by atoms with Crippen LogP contribution in [0.3, 0.4) is 0 Å². The molecule has 0 spiro atoms. The quantitative estimate of drug-likeness (QED) is 0.783. The minimum absolute atomic E-state index is 0.224. The summed E-state index contributed by atoms with van der Waals surface area (Å²) in [5.41, 5.74) is 4.15. The lowest BCUT2D eigenvalue weighted by molar-refractivity contribution is 0.102. The first kappa shape index (κ1) is 16.6. The van der Waals surface area contributed by atoms with E-state index < -0.39 is 0 Å². The molecule has 3 rings (SSSR count). The second-order valence-corrected chi connectivity index (χ2v) is 5.67. The molecule has 0 aliphatic rings. The van der Waals surface area contributed by atoms with Gasteiger partial charge in [-0.3, -0.25) is 10.1 Å². The minimum Gasteiger partial charge on any atom is -0.496 e. The summed E-state index contributed by atoms with van der Waals surface area (Å²) < 4.78 is 5.37. The zero-order valence-electron chi connectivity index (χ0n) is 14.4. The molecule has 0 atom stereocenters. The van der Waals surface area contributed by atoms with Crippen molar-refractivity contribution in [2.75, 3.05) is 12.4 Å². The number of anilines is 1. The van der Waals surface area contributed by atoms with Crippen molar-refractivity contribution in [3.05, 3.63) is 71.4 Å². The fourth-order valence-corrected chi connectivity index (χ4v) is 2.59. The fraction of sp³-hybridized carbons (Fsp3) is 0.150. The van der Waals surface area contributed by atoms with Gasteiger partial charge in [0.25, 0.3) is 5.91 Å². The van der Waals surface area contributed by atoms with E-state index in [0.29, 0.717) is 17.0 Å². The number of nitrogens with one attached hydrogen (secondary N) is 1. The molecule has 5 nitrogen and oxygen atoms in total. The number of carbonyl (C=O) groups is 1. The second-order valence-electron chi connectivity index (χ2n) is 5.67. The topological polar surface area (TPSA) is 64.1 Å². The molecule has 0 saturated heterocycles. The van der Waals surface area contributed by atoms with E-state index in [1.165, 1.54) is 0 Å². The molecular weight excluding hydrogens is 314 g/mol. The van der Waals surface area contributed by atoms with Crippen LogP contribution in [0.1, 0.15) is 21.5 Å². The molecule has 0 unspecified atom stereocenters. The Hall–Kier alpha value is -3.21. The number of aryl methyl sites for hydroxylation is 1. The fourth-order valence-electron chi connectivity index (χ4n) is 2.59. The van der Waals surface area contributed by atoms with Crippen LogP contribution in [0.15, 0.2) is 54.7 Å². The monoisotopic (exact) mass is 333 g/mol. The predicted octanol–water partition coefficient (Wildman–Crippen LogP) is 4.02. The summed E-state index contributed by atoms with van der Waals surface area (Å²) in [5.74, 6) is 0.751. The summed E-state index contributed by atoms with van der Waals surface area (Å²) >= 11 is 0. The number of rotatable bonds is 4. The Balaban J connectivity index is 1.90. The van der Waals surface area contributed by atoms with E-state index >= 15 is 0 Å². The highest BCUT2D eigenvalue weighted by molar-refractivity contribution is 6.04. The number of carbonyl (C=O) groups excluding carboxylic acids is 1. The van der Waals surface area contributed by atoms with Crippen LogP contribution in [0.5, 0.6) is 5.75 Å². The molecule has 0 aliphatic heterocycles. The maximum atomic E-state index is 12.5. The number of hydrogen-bond acceptors (Lipinski definition) is 4. The first-order valence-corrected chi connectivity index (χ1v) is 7.94. The van der Waals surface area contributed by atoms with Crippen LogP contribution >= 0.6 is 0 Å². The van der Waals surface area contributed by atoms with Gasteiger partial charge in [-0.25, -0.2) is 9.97 Å². The van der Waals surface area contributed by atoms with E-state index in [1.54, 1.807) is 25.4 Å². The van der Waals surface area contributed by atoms with Crippen molar-refractivity contribution in [2.45, 2.75) is 13.8 Å². The highest BCUT2D eigenvalue weighted by Crippen LogP contribution is 2.28. The Labute approximate surface area is 146 Å². The normalized spacial score (nSPS) is 10.4. The zero-order chi connectivity index (χ0) is 17.8. The van der Waals surface area contributed by atoms with E-state index in [0.717, 1.165) is 16.7 Å². The lowest BCUT2D eigenvalue weighted by atomic mass is 10.0. The SMILES string of the molecule is COc1ccccc1-c1ccnc(NC(=O)c2cccc(C)c2C)n1. The standard InChI is InChI=1S/C20H19N3O2/c1-13-7-6-9-15(14(13)2)19(24)23-20-21-12-11-17(22-20)16-8-4-5-10-18(16)25-3/h4-12H,1-3H3,(H,21,22,23,24). The van der Waals surface area contributed by atoms with E-state index in [4.69, 9.17) is 4.74 Å². The molecule has 0 bridgehead atoms. The molecule has 5 heteroatoms. The molecule has 126 valence electrons. The summed E-state index contributed by atoms with van der Waals surface area (Å²) in [4.78, 5) is 21.1. The molecule has 1 N–H and O–H groups in total. The highest BCUT2D eigenvalue weighted by Gasteiger charge is 2.13. The third kappa shape index (κ3) is 3.50. The van der Waals surface area contributed by atoms with Gasteiger partial charge in [0.1, 0.15) is 5.75 Å².